The minimum atomic E-state index is 1.06. The molecule has 146 valence electrons. The summed E-state index contributed by atoms with van der Waals surface area (Å²) in [6.07, 6.45) is 2.55. The van der Waals surface area contributed by atoms with Gasteiger partial charge >= 0.3 is 0 Å². The molecule has 1 aliphatic rings. The molecule has 3 rings (SSSR count). The summed E-state index contributed by atoms with van der Waals surface area (Å²) in [5.74, 6) is 0. The van der Waals surface area contributed by atoms with Crippen molar-refractivity contribution in [1.29, 1.82) is 0 Å². The van der Waals surface area contributed by atoms with Gasteiger partial charge < -0.3 is 0 Å². The van der Waals surface area contributed by atoms with Gasteiger partial charge in [-0.2, -0.15) is 0 Å². The largest absolute Gasteiger partial charge is 0.278 e. The first-order valence-electron chi connectivity index (χ1n) is 10.6. The lowest BCUT2D eigenvalue weighted by Crippen LogP contribution is -2.58. The maximum absolute atomic E-state index is 2.51. The number of benzene rings is 2. The molecule has 0 bridgehead atoms. The smallest absolute Gasteiger partial charge is 0.141 e. The van der Waals surface area contributed by atoms with Crippen molar-refractivity contribution in [3.05, 3.63) is 52.1 Å². The summed E-state index contributed by atoms with van der Waals surface area (Å²) in [5, 5.41) is 0. The molecule has 2 heteroatoms. The predicted octanol–water partition coefficient (Wildman–Crippen LogP) is 6.12. The van der Waals surface area contributed by atoms with Crippen molar-refractivity contribution in [3.63, 3.8) is 0 Å². The van der Waals surface area contributed by atoms with Crippen LogP contribution in [0.25, 0.3) is 11.1 Å². The second kappa shape index (κ2) is 7.77. The van der Waals surface area contributed by atoms with Crippen LogP contribution in [-0.2, 0) is 6.54 Å². The van der Waals surface area contributed by atoms with E-state index in [0.29, 0.717) is 0 Å². The molecule has 0 fully saturated rings. The lowest BCUT2D eigenvalue weighted by molar-refractivity contribution is 0.135. The van der Waals surface area contributed by atoms with Crippen molar-refractivity contribution in [2.75, 3.05) is 26.8 Å². The van der Waals surface area contributed by atoms with Crippen LogP contribution in [0.5, 0.6) is 0 Å². The Morgan fingerprint density at radius 3 is 2.07 bits per heavy atom. The first-order chi connectivity index (χ1) is 12.8. The summed E-state index contributed by atoms with van der Waals surface area (Å²) in [5.41, 5.74) is 11.5. The Bertz CT molecular complexity index is 813. The highest BCUT2D eigenvalue weighted by Gasteiger charge is 2.37. The molecule has 0 aromatic heterocycles. The second-order valence-corrected chi connectivity index (χ2v) is 8.73. The summed E-state index contributed by atoms with van der Waals surface area (Å²) in [6.45, 7) is 18.3. The van der Waals surface area contributed by atoms with E-state index in [0.717, 1.165) is 17.7 Å². The maximum atomic E-state index is 2.51. The zero-order valence-electron chi connectivity index (χ0n) is 18.4. The first-order valence-corrected chi connectivity index (χ1v) is 10.6. The topological polar surface area (TPSA) is 3.24 Å². The fourth-order valence-corrected chi connectivity index (χ4v) is 4.95. The van der Waals surface area contributed by atoms with Gasteiger partial charge in [0, 0.05) is 17.7 Å². The zero-order valence-corrected chi connectivity index (χ0v) is 18.4. The molecule has 1 aliphatic heterocycles. The van der Waals surface area contributed by atoms with Crippen molar-refractivity contribution in [2.45, 2.75) is 60.9 Å². The van der Waals surface area contributed by atoms with Crippen molar-refractivity contribution >= 4 is 5.69 Å². The molecule has 2 nitrogen and oxygen atoms in total. The molecule has 0 radical (unpaired) electrons. The Morgan fingerprint density at radius 1 is 0.889 bits per heavy atom. The number of nitrogens with zero attached hydrogens (tertiary/aromatic N) is 2. The molecule has 0 saturated carbocycles. The third kappa shape index (κ3) is 3.70. The standard InChI is InChI=1S/C25H37N2/c1-8-10-11-27(9-2)17-26(7)16-24-15-23(14-20(5)25(24)27)22-12-18(3)21(6)19(4)13-22/h12-15H,8-11,16-17H2,1-7H3/q+1. The third-order valence-electron chi connectivity index (χ3n) is 6.61. The summed E-state index contributed by atoms with van der Waals surface area (Å²) >= 11 is 0. The number of hydrogen-bond acceptors (Lipinski definition) is 1. The van der Waals surface area contributed by atoms with Gasteiger partial charge in [0.2, 0.25) is 0 Å². The van der Waals surface area contributed by atoms with Crippen LogP contribution in [0.3, 0.4) is 0 Å². The predicted molar refractivity (Wildman–Crippen MR) is 119 cm³/mol. The minimum absolute atomic E-state index is 1.06. The Labute approximate surface area is 166 Å². The lowest BCUT2D eigenvalue weighted by Gasteiger charge is -2.45. The van der Waals surface area contributed by atoms with E-state index in [4.69, 9.17) is 0 Å². The zero-order chi connectivity index (χ0) is 19.8. The number of fused-ring (bicyclic) bond motifs is 1. The Balaban J connectivity index is 2.14. The third-order valence-corrected chi connectivity index (χ3v) is 6.61. The van der Waals surface area contributed by atoms with Crippen LogP contribution >= 0.6 is 0 Å². The lowest BCUT2D eigenvalue weighted by atomic mass is 9.92. The van der Waals surface area contributed by atoms with Crippen LogP contribution < -0.4 is 4.48 Å². The van der Waals surface area contributed by atoms with Crippen LogP contribution in [-0.4, -0.2) is 31.7 Å². The number of hydrogen-bond donors (Lipinski definition) is 0. The maximum Gasteiger partial charge on any atom is 0.141 e. The molecule has 0 N–H and O–H groups in total. The van der Waals surface area contributed by atoms with Crippen molar-refractivity contribution < 1.29 is 0 Å². The number of unbranched alkanes of at least 4 members (excludes halogenated alkanes) is 1. The van der Waals surface area contributed by atoms with E-state index in [9.17, 15) is 0 Å². The molecule has 1 unspecified atom stereocenters. The number of rotatable bonds is 5. The second-order valence-electron chi connectivity index (χ2n) is 8.73. The molecule has 27 heavy (non-hydrogen) atoms. The average molecular weight is 366 g/mol. The number of aryl methyl sites for hydroxylation is 3. The van der Waals surface area contributed by atoms with Crippen molar-refractivity contribution in [1.82, 2.24) is 9.38 Å². The van der Waals surface area contributed by atoms with Crippen LogP contribution in [0.2, 0.25) is 0 Å². The van der Waals surface area contributed by atoms with Crippen LogP contribution in [0.1, 0.15) is 54.5 Å². The van der Waals surface area contributed by atoms with E-state index in [1.165, 1.54) is 64.9 Å². The first kappa shape index (κ1) is 20.1. The summed E-state index contributed by atoms with van der Waals surface area (Å²) in [4.78, 5) is 2.51. The van der Waals surface area contributed by atoms with E-state index in [2.05, 4.69) is 77.8 Å². The van der Waals surface area contributed by atoms with E-state index in [-0.39, 0.29) is 0 Å². The molecule has 2 aromatic carbocycles. The fraction of sp³-hybridized carbons (Fsp3) is 0.520. The molecule has 0 amide bonds. The highest BCUT2D eigenvalue weighted by molar-refractivity contribution is 5.73. The van der Waals surface area contributed by atoms with Crippen LogP contribution in [0.4, 0.5) is 5.69 Å². The normalized spacial score (nSPS) is 20.0. The Kier molecular flexibility index (Phi) is 5.79. The highest BCUT2D eigenvalue weighted by Crippen LogP contribution is 2.40. The average Bonchev–Trinajstić information content (AvgIpc) is 2.62. The summed E-state index contributed by atoms with van der Waals surface area (Å²) < 4.78 is 1.11. The van der Waals surface area contributed by atoms with Crippen LogP contribution in [0.15, 0.2) is 24.3 Å². The summed E-state index contributed by atoms with van der Waals surface area (Å²) in [7, 11) is 2.28. The molecule has 1 atom stereocenters. The molecule has 0 saturated heterocycles. The molecule has 0 aliphatic carbocycles. The van der Waals surface area contributed by atoms with Gasteiger partial charge in [-0.15, -0.1) is 0 Å². The van der Waals surface area contributed by atoms with Gasteiger partial charge in [0.05, 0.1) is 13.1 Å². The quantitative estimate of drug-likeness (QED) is 0.577. The molecule has 0 spiro atoms. The summed E-state index contributed by atoms with van der Waals surface area (Å²) in [6, 6.07) is 9.61. The van der Waals surface area contributed by atoms with Crippen LogP contribution in [0, 0.1) is 27.7 Å². The van der Waals surface area contributed by atoms with Gasteiger partial charge in [0.15, 0.2) is 0 Å². The Hall–Kier alpha value is -1.64. The van der Waals surface area contributed by atoms with E-state index in [1.54, 1.807) is 5.69 Å². The van der Waals surface area contributed by atoms with Gasteiger partial charge in [-0.1, -0.05) is 25.5 Å². The van der Waals surface area contributed by atoms with E-state index >= 15 is 0 Å². The fourth-order valence-electron chi connectivity index (χ4n) is 4.95. The number of quaternary nitrogens is 1. The molecule has 2 aromatic rings. The van der Waals surface area contributed by atoms with Gasteiger partial charge in [-0.05, 0) is 88.0 Å². The van der Waals surface area contributed by atoms with Gasteiger partial charge in [0.1, 0.15) is 12.4 Å². The van der Waals surface area contributed by atoms with Gasteiger partial charge in [-0.3, -0.25) is 9.38 Å². The molecule has 1 heterocycles. The van der Waals surface area contributed by atoms with Crippen molar-refractivity contribution in [3.8, 4) is 11.1 Å². The monoisotopic (exact) mass is 365 g/mol. The Morgan fingerprint density at radius 2 is 1.48 bits per heavy atom. The van der Waals surface area contributed by atoms with E-state index < -0.39 is 0 Å². The molecular formula is C25H37N2+. The van der Waals surface area contributed by atoms with Crippen molar-refractivity contribution in [2.24, 2.45) is 0 Å². The van der Waals surface area contributed by atoms with Gasteiger partial charge in [0.25, 0.3) is 0 Å². The van der Waals surface area contributed by atoms with E-state index in [1.807, 2.05) is 0 Å². The minimum Gasteiger partial charge on any atom is -0.278 e. The van der Waals surface area contributed by atoms with Gasteiger partial charge in [-0.25, -0.2) is 0 Å². The molecular weight excluding hydrogens is 328 g/mol. The highest BCUT2D eigenvalue weighted by atomic mass is 15.5. The SMILES string of the molecule is CCCC[N+]1(CC)CN(C)Cc2cc(-c3cc(C)c(C)c(C)c3)cc(C)c21.